The first kappa shape index (κ1) is 14.6. The van der Waals surface area contributed by atoms with E-state index < -0.39 is 5.91 Å². The summed E-state index contributed by atoms with van der Waals surface area (Å²) in [6.07, 6.45) is 1.40. The van der Waals surface area contributed by atoms with Crippen molar-refractivity contribution in [3.05, 3.63) is 56.5 Å². The van der Waals surface area contributed by atoms with Crippen molar-refractivity contribution in [2.24, 2.45) is 0 Å². The number of furan rings is 1. The van der Waals surface area contributed by atoms with Crippen LogP contribution in [0.5, 0.6) is 0 Å². The number of benzene rings is 1. The van der Waals surface area contributed by atoms with Crippen LogP contribution in [0.3, 0.4) is 0 Å². The van der Waals surface area contributed by atoms with E-state index in [4.69, 9.17) is 21.3 Å². The second-order valence-electron chi connectivity index (χ2n) is 3.77. The summed E-state index contributed by atoms with van der Waals surface area (Å²) in [7, 11) is 0. The molecule has 100 valence electrons. The Hall–Kier alpha value is -1.78. The van der Waals surface area contributed by atoms with Gasteiger partial charge in [0.05, 0.1) is 0 Å². The Morgan fingerprint density at radius 3 is 2.55 bits per heavy atom. The first-order valence-electron chi connectivity index (χ1n) is 5.52. The largest absolute Gasteiger partial charge is 0.451 e. The number of amides is 1. The van der Waals surface area contributed by atoms with Gasteiger partial charge in [0.1, 0.15) is 17.4 Å². The molecule has 0 bridgehead atoms. The Labute approximate surface area is 134 Å². The monoisotopic (exact) mass is 398 g/mol. The second kappa shape index (κ2) is 6.59. The van der Waals surface area contributed by atoms with Crippen LogP contribution in [-0.2, 0) is 4.79 Å². The SMILES string of the molecule is N#CC(=Cc1ccc(I)o1)C(=O)Nc1ccc(Cl)cc1. The molecule has 0 atom stereocenters. The van der Waals surface area contributed by atoms with Crippen LogP contribution in [0.4, 0.5) is 5.69 Å². The van der Waals surface area contributed by atoms with Gasteiger partial charge in [-0.1, -0.05) is 11.6 Å². The molecule has 2 rings (SSSR count). The maximum absolute atomic E-state index is 12.0. The van der Waals surface area contributed by atoms with Crippen molar-refractivity contribution >= 4 is 51.9 Å². The van der Waals surface area contributed by atoms with E-state index in [1.54, 1.807) is 36.4 Å². The average molecular weight is 399 g/mol. The number of nitrogens with one attached hydrogen (secondary N) is 1. The predicted octanol–water partition coefficient (Wildman–Crippen LogP) is 4.08. The highest BCUT2D eigenvalue weighted by molar-refractivity contribution is 14.1. The zero-order chi connectivity index (χ0) is 14.5. The number of nitrogens with zero attached hydrogens (tertiary/aromatic N) is 1. The van der Waals surface area contributed by atoms with Gasteiger partial charge >= 0.3 is 0 Å². The Kier molecular flexibility index (Phi) is 4.82. The summed E-state index contributed by atoms with van der Waals surface area (Å²) in [5.41, 5.74) is 0.528. The minimum absolute atomic E-state index is 0.0364. The molecule has 0 aliphatic heterocycles. The van der Waals surface area contributed by atoms with Crippen LogP contribution in [0.25, 0.3) is 6.08 Å². The number of hydrogen-bond donors (Lipinski definition) is 1. The third kappa shape index (κ3) is 3.85. The van der Waals surface area contributed by atoms with Gasteiger partial charge in [-0.25, -0.2) is 0 Å². The molecule has 20 heavy (non-hydrogen) atoms. The summed E-state index contributed by atoms with van der Waals surface area (Å²) in [4.78, 5) is 12.0. The highest BCUT2D eigenvalue weighted by Gasteiger charge is 2.10. The van der Waals surface area contributed by atoms with Gasteiger partial charge in [-0.05, 0) is 59.0 Å². The van der Waals surface area contributed by atoms with E-state index in [9.17, 15) is 4.79 Å². The van der Waals surface area contributed by atoms with E-state index in [1.807, 2.05) is 28.7 Å². The first-order valence-corrected chi connectivity index (χ1v) is 6.98. The molecular weight excluding hydrogens is 391 g/mol. The van der Waals surface area contributed by atoms with Gasteiger partial charge < -0.3 is 9.73 Å². The fraction of sp³-hybridized carbons (Fsp3) is 0. The van der Waals surface area contributed by atoms with Crippen molar-refractivity contribution in [2.45, 2.75) is 0 Å². The summed E-state index contributed by atoms with van der Waals surface area (Å²) < 4.78 is 5.98. The van der Waals surface area contributed by atoms with Gasteiger partial charge in [0.25, 0.3) is 5.91 Å². The van der Waals surface area contributed by atoms with Gasteiger partial charge in [0.2, 0.25) is 0 Å². The molecule has 2 aromatic rings. The molecule has 0 aliphatic rings. The molecule has 4 nitrogen and oxygen atoms in total. The van der Waals surface area contributed by atoms with Gasteiger partial charge in [-0.3, -0.25) is 4.79 Å². The van der Waals surface area contributed by atoms with Crippen molar-refractivity contribution < 1.29 is 9.21 Å². The standard InChI is InChI=1S/C14H8ClIN2O2/c15-10-1-3-11(4-2-10)18-14(19)9(8-17)7-12-5-6-13(16)20-12/h1-7H,(H,18,19). The minimum Gasteiger partial charge on any atom is -0.451 e. The number of anilines is 1. The molecule has 0 saturated heterocycles. The molecule has 1 aromatic heterocycles. The summed E-state index contributed by atoms with van der Waals surface area (Å²) >= 11 is 7.76. The lowest BCUT2D eigenvalue weighted by Gasteiger charge is -2.03. The average Bonchev–Trinajstić information content (AvgIpc) is 2.84. The molecule has 0 saturated carbocycles. The molecule has 1 aromatic carbocycles. The van der Waals surface area contributed by atoms with Crippen LogP contribution in [-0.4, -0.2) is 5.91 Å². The molecule has 1 amide bonds. The summed E-state index contributed by atoms with van der Waals surface area (Å²) in [5, 5.41) is 12.2. The normalized spacial score (nSPS) is 10.9. The Morgan fingerprint density at radius 2 is 2.00 bits per heavy atom. The number of halogens is 2. The number of rotatable bonds is 3. The molecule has 6 heteroatoms. The molecule has 0 fully saturated rings. The molecule has 0 spiro atoms. The van der Waals surface area contributed by atoms with Gasteiger partial charge in [0, 0.05) is 16.8 Å². The van der Waals surface area contributed by atoms with Crippen LogP contribution in [0.1, 0.15) is 5.76 Å². The van der Waals surface area contributed by atoms with Crippen molar-refractivity contribution in [3.8, 4) is 6.07 Å². The summed E-state index contributed by atoms with van der Waals surface area (Å²) in [6, 6.07) is 11.9. The van der Waals surface area contributed by atoms with Gasteiger partial charge in [0.15, 0.2) is 3.77 Å². The Balaban J connectivity index is 2.16. The summed E-state index contributed by atoms with van der Waals surface area (Å²) in [6.45, 7) is 0. The zero-order valence-corrected chi connectivity index (χ0v) is 13.0. The number of hydrogen-bond acceptors (Lipinski definition) is 3. The van der Waals surface area contributed by atoms with Gasteiger partial charge in [-0.2, -0.15) is 5.26 Å². The Bertz CT molecular complexity index is 699. The second-order valence-corrected chi connectivity index (χ2v) is 5.27. The quantitative estimate of drug-likeness (QED) is 0.481. The van der Waals surface area contributed by atoms with Crippen molar-refractivity contribution in [1.29, 1.82) is 5.26 Å². The molecule has 0 radical (unpaired) electrons. The van der Waals surface area contributed by atoms with Gasteiger partial charge in [-0.15, -0.1) is 0 Å². The molecule has 1 N–H and O–H groups in total. The first-order chi connectivity index (χ1) is 9.58. The third-order valence-electron chi connectivity index (χ3n) is 2.35. The van der Waals surface area contributed by atoms with Crippen molar-refractivity contribution in [1.82, 2.24) is 0 Å². The smallest absolute Gasteiger partial charge is 0.266 e. The van der Waals surface area contributed by atoms with Crippen LogP contribution >= 0.6 is 34.2 Å². The fourth-order valence-corrected chi connectivity index (χ4v) is 1.99. The summed E-state index contributed by atoms with van der Waals surface area (Å²) in [5.74, 6) is -0.0431. The highest BCUT2D eigenvalue weighted by Crippen LogP contribution is 2.16. The van der Waals surface area contributed by atoms with Crippen LogP contribution < -0.4 is 5.32 Å². The maximum atomic E-state index is 12.0. The van der Waals surface area contributed by atoms with Crippen LogP contribution in [0, 0.1) is 15.1 Å². The van der Waals surface area contributed by atoms with Crippen LogP contribution in [0.2, 0.25) is 5.02 Å². The topological polar surface area (TPSA) is 66.0 Å². The molecular formula is C14H8ClIN2O2. The number of carbonyl (C=O) groups excluding carboxylic acids is 1. The van der Waals surface area contributed by atoms with E-state index in [0.29, 0.717) is 20.2 Å². The van der Waals surface area contributed by atoms with Crippen LogP contribution in [0.15, 0.2) is 46.4 Å². The molecule has 0 unspecified atom stereocenters. The lowest BCUT2D eigenvalue weighted by Crippen LogP contribution is -2.13. The van der Waals surface area contributed by atoms with E-state index >= 15 is 0 Å². The van der Waals surface area contributed by atoms with E-state index in [1.165, 1.54) is 6.08 Å². The van der Waals surface area contributed by atoms with E-state index in [-0.39, 0.29) is 5.57 Å². The fourth-order valence-electron chi connectivity index (χ4n) is 1.43. The molecule has 1 heterocycles. The van der Waals surface area contributed by atoms with E-state index in [2.05, 4.69) is 5.32 Å². The zero-order valence-electron chi connectivity index (χ0n) is 10.1. The predicted molar refractivity (Wildman–Crippen MR) is 85.1 cm³/mol. The number of nitriles is 1. The highest BCUT2D eigenvalue weighted by atomic mass is 127. The third-order valence-corrected chi connectivity index (χ3v) is 3.18. The lowest BCUT2D eigenvalue weighted by atomic mass is 10.2. The lowest BCUT2D eigenvalue weighted by molar-refractivity contribution is -0.112. The maximum Gasteiger partial charge on any atom is 0.266 e. The minimum atomic E-state index is -0.499. The van der Waals surface area contributed by atoms with Crippen molar-refractivity contribution in [3.63, 3.8) is 0 Å². The Morgan fingerprint density at radius 1 is 1.30 bits per heavy atom. The van der Waals surface area contributed by atoms with Crippen molar-refractivity contribution in [2.75, 3.05) is 5.32 Å². The van der Waals surface area contributed by atoms with E-state index in [0.717, 1.165) is 0 Å². The molecule has 0 aliphatic carbocycles. The number of carbonyl (C=O) groups is 1.